The number of ether oxygens (including phenoxy) is 1. The highest BCUT2D eigenvalue weighted by Gasteiger charge is 2.08. The summed E-state index contributed by atoms with van der Waals surface area (Å²) in [5.74, 6) is 0.726. The van der Waals surface area contributed by atoms with Crippen molar-refractivity contribution in [1.29, 1.82) is 5.26 Å². The molecule has 1 aromatic carbocycles. The molecule has 1 aromatic heterocycles. The van der Waals surface area contributed by atoms with Gasteiger partial charge in [0.1, 0.15) is 17.4 Å². The van der Waals surface area contributed by atoms with E-state index in [1.807, 2.05) is 19.1 Å². The van der Waals surface area contributed by atoms with Gasteiger partial charge in [-0.25, -0.2) is 4.98 Å². The molecular formula is C15H17N3OS. The van der Waals surface area contributed by atoms with Gasteiger partial charge >= 0.3 is 0 Å². The van der Waals surface area contributed by atoms with Gasteiger partial charge in [0.2, 0.25) is 0 Å². The maximum Gasteiger partial charge on any atom is 0.120 e. The highest BCUT2D eigenvalue weighted by Crippen LogP contribution is 2.17. The second-order valence-electron chi connectivity index (χ2n) is 4.49. The van der Waals surface area contributed by atoms with Crippen molar-refractivity contribution >= 4 is 11.3 Å². The molecule has 1 atom stereocenters. The van der Waals surface area contributed by atoms with Crippen molar-refractivity contribution in [3.05, 3.63) is 45.9 Å². The molecule has 0 saturated heterocycles. The number of nitrogens with zero attached hydrogens (tertiary/aromatic N) is 2. The molecule has 2 rings (SSSR count). The van der Waals surface area contributed by atoms with Gasteiger partial charge in [-0.05, 0) is 32.0 Å². The normalized spacial score (nSPS) is 11.8. The number of aromatic nitrogens is 1. The lowest BCUT2D eigenvalue weighted by Crippen LogP contribution is -2.24. The predicted octanol–water partition coefficient (Wildman–Crippen LogP) is 3.05. The van der Waals surface area contributed by atoms with Crippen LogP contribution < -0.4 is 10.1 Å². The Morgan fingerprint density at radius 3 is 3.05 bits per heavy atom. The Morgan fingerprint density at radius 2 is 2.35 bits per heavy atom. The topological polar surface area (TPSA) is 57.9 Å². The third-order valence-corrected chi connectivity index (χ3v) is 3.94. The van der Waals surface area contributed by atoms with E-state index < -0.39 is 0 Å². The summed E-state index contributed by atoms with van der Waals surface area (Å²) in [5.41, 5.74) is 1.67. The van der Waals surface area contributed by atoms with Crippen LogP contribution in [0.4, 0.5) is 0 Å². The Hall–Kier alpha value is -1.90. The summed E-state index contributed by atoms with van der Waals surface area (Å²) in [5, 5.41) is 15.3. The van der Waals surface area contributed by atoms with Crippen molar-refractivity contribution < 1.29 is 4.74 Å². The average molecular weight is 287 g/mol. The van der Waals surface area contributed by atoms with Gasteiger partial charge in [-0.2, -0.15) is 5.26 Å². The van der Waals surface area contributed by atoms with Crippen LogP contribution in [0, 0.1) is 18.3 Å². The largest absolute Gasteiger partial charge is 0.492 e. The van der Waals surface area contributed by atoms with E-state index in [0.717, 1.165) is 23.0 Å². The second kappa shape index (κ2) is 7.04. The van der Waals surface area contributed by atoms with Gasteiger partial charge in [0.05, 0.1) is 17.7 Å². The highest BCUT2D eigenvalue weighted by molar-refractivity contribution is 7.09. The van der Waals surface area contributed by atoms with Gasteiger partial charge in [0.25, 0.3) is 0 Å². The Morgan fingerprint density at radius 1 is 1.50 bits per heavy atom. The molecule has 1 heterocycles. The van der Waals surface area contributed by atoms with Crippen molar-refractivity contribution in [1.82, 2.24) is 10.3 Å². The van der Waals surface area contributed by atoms with Crippen LogP contribution in [-0.2, 0) is 0 Å². The fraction of sp³-hybridized carbons (Fsp3) is 0.333. The molecule has 0 fully saturated rings. The maximum atomic E-state index is 8.81. The Balaban J connectivity index is 1.75. The lowest BCUT2D eigenvalue weighted by atomic mass is 10.2. The van der Waals surface area contributed by atoms with Gasteiger partial charge in [0, 0.05) is 17.6 Å². The summed E-state index contributed by atoms with van der Waals surface area (Å²) >= 11 is 1.67. The molecule has 0 spiro atoms. The first-order chi connectivity index (χ1) is 9.69. The SMILES string of the molecule is Cc1csc(C(C)NCCOc2cccc(C#N)c2)n1. The summed E-state index contributed by atoms with van der Waals surface area (Å²) in [6, 6.07) is 9.50. The number of hydrogen-bond acceptors (Lipinski definition) is 5. The zero-order valence-electron chi connectivity index (χ0n) is 11.6. The molecule has 0 bridgehead atoms. The molecule has 0 aliphatic rings. The Labute approximate surface area is 123 Å². The summed E-state index contributed by atoms with van der Waals surface area (Å²) in [6.07, 6.45) is 0. The van der Waals surface area contributed by atoms with Crippen molar-refractivity contribution in [2.75, 3.05) is 13.2 Å². The smallest absolute Gasteiger partial charge is 0.120 e. The Bertz CT molecular complexity index is 603. The zero-order chi connectivity index (χ0) is 14.4. The first kappa shape index (κ1) is 14.5. The van der Waals surface area contributed by atoms with E-state index in [9.17, 15) is 0 Å². The molecule has 0 radical (unpaired) electrons. The standard InChI is InChI=1S/C15H17N3OS/c1-11-10-20-15(18-11)12(2)17-6-7-19-14-5-3-4-13(8-14)9-16/h3-5,8,10,12,17H,6-7H2,1-2H3. The summed E-state index contributed by atoms with van der Waals surface area (Å²) in [7, 11) is 0. The number of hydrogen-bond donors (Lipinski definition) is 1. The predicted molar refractivity (Wildman–Crippen MR) is 79.9 cm³/mol. The molecule has 0 aliphatic carbocycles. The van der Waals surface area contributed by atoms with Gasteiger partial charge < -0.3 is 10.1 Å². The molecule has 1 N–H and O–H groups in total. The molecule has 0 amide bonds. The van der Waals surface area contributed by atoms with Gasteiger partial charge in [-0.1, -0.05) is 6.07 Å². The van der Waals surface area contributed by atoms with Crippen LogP contribution in [0.1, 0.15) is 29.2 Å². The fourth-order valence-corrected chi connectivity index (χ4v) is 2.59. The van der Waals surface area contributed by atoms with E-state index in [-0.39, 0.29) is 6.04 Å². The second-order valence-corrected chi connectivity index (χ2v) is 5.38. The monoisotopic (exact) mass is 287 g/mol. The van der Waals surface area contributed by atoms with E-state index in [4.69, 9.17) is 10.00 Å². The molecule has 20 heavy (non-hydrogen) atoms. The molecule has 0 aliphatic heterocycles. The van der Waals surface area contributed by atoms with Crippen LogP contribution >= 0.6 is 11.3 Å². The van der Waals surface area contributed by atoms with Gasteiger partial charge in [-0.3, -0.25) is 0 Å². The number of benzene rings is 1. The van der Waals surface area contributed by atoms with E-state index in [0.29, 0.717) is 12.2 Å². The van der Waals surface area contributed by atoms with E-state index >= 15 is 0 Å². The minimum Gasteiger partial charge on any atom is -0.492 e. The third-order valence-electron chi connectivity index (χ3n) is 2.79. The van der Waals surface area contributed by atoms with Crippen LogP contribution in [0.3, 0.4) is 0 Å². The lowest BCUT2D eigenvalue weighted by Gasteiger charge is -2.12. The summed E-state index contributed by atoms with van der Waals surface area (Å²) < 4.78 is 5.61. The van der Waals surface area contributed by atoms with Crippen LogP contribution in [-0.4, -0.2) is 18.1 Å². The minimum absolute atomic E-state index is 0.225. The van der Waals surface area contributed by atoms with Crippen molar-refractivity contribution in [3.63, 3.8) is 0 Å². The van der Waals surface area contributed by atoms with Crippen LogP contribution in [0.25, 0.3) is 0 Å². The molecule has 0 saturated carbocycles. The quantitative estimate of drug-likeness (QED) is 0.830. The Kier molecular flexibility index (Phi) is 5.10. The third kappa shape index (κ3) is 4.05. The fourth-order valence-electron chi connectivity index (χ4n) is 1.76. The van der Waals surface area contributed by atoms with E-state index in [1.54, 1.807) is 23.5 Å². The van der Waals surface area contributed by atoms with Crippen LogP contribution in [0.15, 0.2) is 29.6 Å². The first-order valence-corrected chi connectivity index (χ1v) is 7.35. The molecule has 5 heteroatoms. The maximum absolute atomic E-state index is 8.81. The van der Waals surface area contributed by atoms with E-state index in [1.165, 1.54) is 0 Å². The zero-order valence-corrected chi connectivity index (χ0v) is 12.4. The number of nitrogens with one attached hydrogen (secondary N) is 1. The van der Waals surface area contributed by atoms with E-state index in [2.05, 4.69) is 28.7 Å². The molecule has 104 valence electrons. The number of thiazole rings is 1. The van der Waals surface area contributed by atoms with Crippen molar-refractivity contribution in [2.45, 2.75) is 19.9 Å². The van der Waals surface area contributed by atoms with Crippen molar-refractivity contribution in [3.8, 4) is 11.8 Å². The number of aryl methyl sites for hydroxylation is 1. The van der Waals surface area contributed by atoms with Crippen LogP contribution in [0.5, 0.6) is 5.75 Å². The molecule has 4 nitrogen and oxygen atoms in total. The van der Waals surface area contributed by atoms with Crippen LogP contribution in [0.2, 0.25) is 0 Å². The highest BCUT2D eigenvalue weighted by atomic mass is 32.1. The average Bonchev–Trinajstić information content (AvgIpc) is 2.90. The lowest BCUT2D eigenvalue weighted by molar-refractivity contribution is 0.307. The molecule has 1 unspecified atom stereocenters. The van der Waals surface area contributed by atoms with Crippen molar-refractivity contribution in [2.24, 2.45) is 0 Å². The minimum atomic E-state index is 0.225. The van der Waals surface area contributed by atoms with Gasteiger partial charge in [0.15, 0.2) is 0 Å². The number of rotatable bonds is 6. The molecular weight excluding hydrogens is 270 g/mol. The van der Waals surface area contributed by atoms with Gasteiger partial charge in [-0.15, -0.1) is 11.3 Å². The summed E-state index contributed by atoms with van der Waals surface area (Å²) in [4.78, 5) is 4.45. The number of nitriles is 1. The molecule has 2 aromatic rings. The summed E-state index contributed by atoms with van der Waals surface area (Å²) in [6.45, 7) is 5.38. The first-order valence-electron chi connectivity index (χ1n) is 6.47.